The lowest BCUT2D eigenvalue weighted by atomic mass is 10.2. The Balaban J connectivity index is 1.40. The van der Waals surface area contributed by atoms with Crippen molar-refractivity contribution in [2.24, 2.45) is 0 Å². The molecule has 0 atom stereocenters. The summed E-state index contributed by atoms with van der Waals surface area (Å²) >= 11 is 6.05. The molecule has 1 aromatic heterocycles. The lowest BCUT2D eigenvalue weighted by molar-refractivity contribution is -0.126. The molecule has 3 aromatic rings. The first-order valence-corrected chi connectivity index (χ1v) is 9.93. The molecule has 1 saturated heterocycles. The van der Waals surface area contributed by atoms with Crippen LogP contribution < -0.4 is 9.64 Å². The van der Waals surface area contributed by atoms with Crippen LogP contribution in [0, 0.1) is 0 Å². The Morgan fingerprint density at radius 3 is 2.60 bits per heavy atom. The summed E-state index contributed by atoms with van der Waals surface area (Å²) in [6.07, 6.45) is 3.28. The molecule has 4 rings (SSSR count). The van der Waals surface area contributed by atoms with E-state index in [-0.39, 0.29) is 5.91 Å². The summed E-state index contributed by atoms with van der Waals surface area (Å²) < 4.78 is 7.03. The van der Waals surface area contributed by atoms with E-state index in [0.717, 1.165) is 11.3 Å². The number of nitrogens with zero attached hydrogens (tertiary/aromatic N) is 6. The monoisotopic (exact) mass is 424 g/mol. The molecule has 0 spiro atoms. The lowest BCUT2D eigenvalue weighted by Crippen LogP contribution is -2.49. The van der Waals surface area contributed by atoms with E-state index in [0.29, 0.717) is 42.9 Å². The molecule has 0 bridgehead atoms. The Morgan fingerprint density at radius 2 is 1.87 bits per heavy atom. The number of anilines is 1. The van der Waals surface area contributed by atoms with E-state index in [4.69, 9.17) is 16.3 Å². The Labute approximate surface area is 179 Å². The molecule has 0 saturated carbocycles. The van der Waals surface area contributed by atoms with E-state index in [9.17, 15) is 4.79 Å². The quantitative estimate of drug-likeness (QED) is 0.586. The van der Waals surface area contributed by atoms with Crippen LogP contribution in [0.2, 0.25) is 5.02 Å². The normalized spacial score (nSPS) is 14.3. The van der Waals surface area contributed by atoms with Gasteiger partial charge < -0.3 is 14.5 Å². The predicted molar refractivity (Wildman–Crippen MR) is 115 cm³/mol. The largest absolute Gasteiger partial charge is 0.496 e. The van der Waals surface area contributed by atoms with Crippen LogP contribution in [0.25, 0.3) is 11.8 Å². The summed E-state index contributed by atoms with van der Waals surface area (Å²) in [6.45, 7) is 2.45. The van der Waals surface area contributed by atoms with Gasteiger partial charge in [-0.1, -0.05) is 34.9 Å². The van der Waals surface area contributed by atoms with Gasteiger partial charge in [-0.2, -0.15) is 4.68 Å². The summed E-state index contributed by atoms with van der Waals surface area (Å²) in [7, 11) is 1.59. The number of para-hydroxylation sites is 1. The van der Waals surface area contributed by atoms with Crippen molar-refractivity contribution in [3.05, 3.63) is 65.2 Å². The fourth-order valence-electron chi connectivity index (χ4n) is 3.34. The number of amides is 1. The second-order valence-electron chi connectivity index (χ2n) is 6.76. The lowest BCUT2D eigenvalue weighted by Gasteiger charge is -2.34. The number of carbonyl (C=O) groups is 1. The number of methoxy groups -OCH3 is 1. The number of hydrogen-bond acceptors (Lipinski definition) is 6. The smallest absolute Gasteiger partial charge is 0.250 e. The highest BCUT2D eigenvalue weighted by molar-refractivity contribution is 6.30. The van der Waals surface area contributed by atoms with Crippen LogP contribution in [-0.4, -0.2) is 64.3 Å². The van der Waals surface area contributed by atoms with Gasteiger partial charge in [0.05, 0.1) is 12.8 Å². The molecule has 2 aromatic carbocycles. The molecule has 1 fully saturated rings. The van der Waals surface area contributed by atoms with Crippen molar-refractivity contribution in [2.75, 3.05) is 38.2 Å². The van der Waals surface area contributed by atoms with Crippen molar-refractivity contribution in [1.29, 1.82) is 0 Å². The number of hydrogen-bond donors (Lipinski definition) is 0. The van der Waals surface area contributed by atoms with Crippen LogP contribution in [0.3, 0.4) is 0 Å². The SMILES string of the molecule is COc1ccc(Cl)cc1C=CC(=O)N1CCN(c2nnnn2-c2ccccc2)CC1. The van der Waals surface area contributed by atoms with Crippen LogP contribution in [0.15, 0.2) is 54.6 Å². The van der Waals surface area contributed by atoms with Crippen molar-refractivity contribution in [1.82, 2.24) is 25.1 Å². The highest BCUT2D eigenvalue weighted by atomic mass is 35.5. The number of tetrazole rings is 1. The number of ether oxygens (including phenoxy) is 1. The highest BCUT2D eigenvalue weighted by Crippen LogP contribution is 2.24. The molecule has 1 aliphatic rings. The fourth-order valence-corrected chi connectivity index (χ4v) is 3.53. The molecule has 0 unspecified atom stereocenters. The number of aromatic nitrogens is 4. The summed E-state index contributed by atoms with van der Waals surface area (Å²) in [5.74, 6) is 1.29. The zero-order valence-electron chi connectivity index (χ0n) is 16.5. The standard InChI is InChI=1S/C21H21ClN6O2/c1-30-19-9-8-17(22)15-16(19)7-10-20(29)26-11-13-27(14-12-26)21-23-24-25-28(21)18-5-3-2-4-6-18/h2-10,15H,11-14H2,1H3. The van der Waals surface area contributed by atoms with Crippen LogP contribution in [-0.2, 0) is 4.79 Å². The van der Waals surface area contributed by atoms with Crippen molar-refractivity contribution in [3.8, 4) is 11.4 Å². The second kappa shape index (κ2) is 8.96. The summed E-state index contributed by atoms with van der Waals surface area (Å²) in [4.78, 5) is 16.5. The highest BCUT2D eigenvalue weighted by Gasteiger charge is 2.24. The first kappa shape index (κ1) is 19.9. The summed E-state index contributed by atoms with van der Waals surface area (Å²) in [5, 5.41) is 12.7. The van der Waals surface area contributed by atoms with E-state index in [2.05, 4.69) is 20.4 Å². The Bertz CT molecular complexity index is 1040. The van der Waals surface area contributed by atoms with Crippen LogP contribution in [0.4, 0.5) is 5.95 Å². The van der Waals surface area contributed by atoms with E-state index >= 15 is 0 Å². The molecule has 1 aliphatic heterocycles. The van der Waals surface area contributed by atoms with E-state index in [1.807, 2.05) is 30.3 Å². The topological polar surface area (TPSA) is 76.4 Å². The van der Waals surface area contributed by atoms with E-state index in [1.165, 1.54) is 0 Å². The Morgan fingerprint density at radius 1 is 1.10 bits per heavy atom. The van der Waals surface area contributed by atoms with Crippen molar-refractivity contribution in [2.45, 2.75) is 0 Å². The predicted octanol–water partition coefficient (Wildman–Crippen LogP) is 2.69. The van der Waals surface area contributed by atoms with Crippen molar-refractivity contribution in [3.63, 3.8) is 0 Å². The molecule has 9 heteroatoms. The Hall–Kier alpha value is -3.39. The van der Waals surface area contributed by atoms with E-state index < -0.39 is 0 Å². The van der Waals surface area contributed by atoms with Gasteiger partial charge in [0.2, 0.25) is 11.9 Å². The second-order valence-corrected chi connectivity index (χ2v) is 7.19. The molecule has 2 heterocycles. The molecule has 8 nitrogen and oxygen atoms in total. The van der Waals surface area contributed by atoms with Gasteiger partial charge in [-0.05, 0) is 46.8 Å². The molecule has 154 valence electrons. The van der Waals surface area contributed by atoms with Crippen LogP contribution in [0.5, 0.6) is 5.75 Å². The maximum Gasteiger partial charge on any atom is 0.250 e. The molecule has 0 N–H and O–H groups in total. The number of carbonyl (C=O) groups excluding carboxylic acids is 1. The molecule has 1 amide bonds. The van der Waals surface area contributed by atoms with Gasteiger partial charge in [-0.3, -0.25) is 4.79 Å². The minimum atomic E-state index is -0.0562. The third-order valence-corrected chi connectivity index (χ3v) is 5.16. The van der Waals surface area contributed by atoms with Crippen LogP contribution in [0.1, 0.15) is 5.56 Å². The van der Waals surface area contributed by atoms with Gasteiger partial charge in [-0.25, -0.2) is 0 Å². The maximum absolute atomic E-state index is 12.6. The molecule has 30 heavy (non-hydrogen) atoms. The van der Waals surface area contributed by atoms with Gasteiger partial charge in [-0.15, -0.1) is 0 Å². The van der Waals surface area contributed by atoms with Gasteiger partial charge in [0.25, 0.3) is 0 Å². The molecular formula is C21H21ClN6O2. The Kier molecular flexibility index (Phi) is 5.94. The minimum Gasteiger partial charge on any atom is -0.496 e. The van der Waals surface area contributed by atoms with Gasteiger partial charge in [0.15, 0.2) is 0 Å². The van der Waals surface area contributed by atoms with Crippen molar-refractivity contribution < 1.29 is 9.53 Å². The van der Waals surface area contributed by atoms with Gasteiger partial charge >= 0.3 is 0 Å². The van der Waals surface area contributed by atoms with Gasteiger partial charge in [0.1, 0.15) is 5.75 Å². The average molecular weight is 425 g/mol. The third kappa shape index (κ3) is 4.28. The first-order chi connectivity index (χ1) is 14.7. The third-order valence-electron chi connectivity index (χ3n) is 4.93. The summed E-state index contributed by atoms with van der Waals surface area (Å²) in [5.41, 5.74) is 1.66. The summed E-state index contributed by atoms with van der Waals surface area (Å²) in [6, 6.07) is 15.0. The minimum absolute atomic E-state index is 0.0562. The number of piperazine rings is 1. The molecular weight excluding hydrogens is 404 g/mol. The van der Waals surface area contributed by atoms with Gasteiger partial charge in [0, 0.05) is 42.8 Å². The zero-order chi connectivity index (χ0) is 20.9. The molecule has 0 radical (unpaired) electrons. The number of halogens is 1. The van der Waals surface area contributed by atoms with Crippen LogP contribution >= 0.6 is 11.6 Å². The fraction of sp³-hybridized carbons (Fsp3) is 0.238. The first-order valence-electron chi connectivity index (χ1n) is 9.55. The number of benzene rings is 2. The average Bonchev–Trinajstić information content (AvgIpc) is 3.28. The van der Waals surface area contributed by atoms with Crippen molar-refractivity contribution >= 4 is 29.5 Å². The zero-order valence-corrected chi connectivity index (χ0v) is 17.2. The molecule has 0 aliphatic carbocycles. The number of rotatable bonds is 5. The maximum atomic E-state index is 12.6. The van der Waals surface area contributed by atoms with E-state index in [1.54, 1.807) is 47.0 Å².